The van der Waals surface area contributed by atoms with E-state index in [9.17, 15) is 9.18 Å². The van der Waals surface area contributed by atoms with Gasteiger partial charge in [0.2, 0.25) is 0 Å². The Bertz CT molecular complexity index is 703. The van der Waals surface area contributed by atoms with Crippen LogP contribution in [0.25, 0.3) is 11.4 Å². The van der Waals surface area contributed by atoms with Crippen LogP contribution in [0.3, 0.4) is 0 Å². The van der Waals surface area contributed by atoms with Crippen molar-refractivity contribution in [1.29, 1.82) is 0 Å². The molecule has 0 bridgehead atoms. The zero-order valence-corrected chi connectivity index (χ0v) is 13.8. The maximum absolute atomic E-state index is 13.2. The summed E-state index contributed by atoms with van der Waals surface area (Å²) < 4.78 is 16.0. The van der Waals surface area contributed by atoms with Crippen molar-refractivity contribution in [2.75, 3.05) is 5.75 Å². The first-order valence-electron chi connectivity index (χ1n) is 6.31. The van der Waals surface area contributed by atoms with Crippen molar-refractivity contribution >= 4 is 40.3 Å². The Balaban J connectivity index is 2.00. The summed E-state index contributed by atoms with van der Waals surface area (Å²) in [4.78, 5) is 10.7. The van der Waals surface area contributed by atoms with E-state index in [1.54, 1.807) is 6.07 Å². The second-order valence-corrected chi connectivity index (χ2v) is 6.82. The molecule has 5 nitrogen and oxygen atoms in total. The van der Waals surface area contributed by atoms with E-state index in [1.165, 1.54) is 12.1 Å². The first-order valence-corrected chi connectivity index (χ1v) is 8.37. The lowest BCUT2D eigenvalue weighted by Gasteiger charge is -2.09. The number of carbonyl (C=O) groups is 1. The molecule has 0 spiro atoms. The average molecular weight is 419 g/mol. The number of aliphatic carboxylic acids is 1. The minimum absolute atomic E-state index is 0.0502. The number of aromatic nitrogens is 3. The molecular weight excluding hydrogens is 408 g/mol. The van der Waals surface area contributed by atoms with Crippen molar-refractivity contribution in [3.05, 3.63) is 27.6 Å². The van der Waals surface area contributed by atoms with Gasteiger partial charge < -0.3 is 5.11 Å². The smallest absolute Gasteiger partial charge is 0.313 e. The molecule has 0 radical (unpaired) electrons. The number of carboxylic acid groups (broad SMARTS) is 1. The quantitative estimate of drug-likeness (QED) is 0.596. The van der Waals surface area contributed by atoms with Crippen LogP contribution in [0.15, 0.2) is 23.4 Å². The summed E-state index contributed by atoms with van der Waals surface area (Å²) in [5, 5.41) is 17.7. The number of halogens is 2. The number of thioether (sulfide) groups is 1. The highest BCUT2D eigenvalue weighted by Gasteiger charge is 2.30. The third-order valence-corrected chi connectivity index (χ3v) is 4.89. The van der Waals surface area contributed by atoms with Crippen molar-refractivity contribution < 1.29 is 14.3 Å². The van der Waals surface area contributed by atoms with Crippen LogP contribution in [0.1, 0.15) is 18.9 Å². The molecule has 0 saturated heterocycles. The Hall–Kier alpha value is -1.16. The summed E-state index contributed by atoms with van der Waals surface area (Å²) in [6, 6.07) is 4.84. The fourth-order valence-electron chi connectivity index (χ4n) is 2.02. The van der Waals surface area contributed by atoms with Crippen molar-refractivity contribution in [3.63, 3.8) is 0 Å². The van der Waals surface area contributed by atoms with Gasteiger partial charge in [-0.05, 0) is 53.6 Å². The van der Waals surface area contributed by atoms with Crippen LogP contribution in [0, 0.1) is 9.39 Å². The Kier molecular flexibility index (Phi) is 4.16. The van der Waals surface area contributed by atoms with E-state index >= 15 is 0 Å². The molecule has 1 aliphatic carbocycles. The molecule has 1 aromatic carbocycles. The summed E-state index contributed by atoms with van der Waals surface area (Å²) in [6.07, 6.45) is 2.06. The van der Waals surface area contributed by atoms with Crippen molar-refractivity contribution in [2.24, 2.45) is 0 Å². The minimum Gasteiger partial charge on any atom is -0.481 e. The van der Waals surface area contributed by atoms with E-state index < -0.39 is 5.97 Å². The zero-order valence-electron chi connectivity index (χ0n) is 10.8. The van der Waals surface area contributed by atoms with E-state index in [-0.39, 0.29) is 11.6 Å². The van der Waals surface area contributed by atoms with Gasteiger partial charge in [-0.25, -0.2) is 4.39 Å². The molecule has 0 unspecified atom stereocenters. The SMILES string of the molecule is O=C(O)CSc1nnc(-c2ccc(F)cc2I)n1C1CC1. The molecule has 3 rings (SSSR count). The number of rotatable bonds is 5. The van der Waals surface area contributed by atoms with Crippen LogP contribution >= 0.6 is 34.4 Å². The van der Waals surface area contributed by atoms with E-state index in [1.807, 2.05) is 4.57 Å². The molecule has 0 atom stereocenters. The predicted octanol–water partition coefficient (Wildman–Crippen LogP) is 3.20. The van der Waals surface area contributed by atoms with Gasteiger partial charge in [0, 0.05) is 15.2 Å². The average Bonchev–Trinajstić information content (AvgIpc) is 3.17. The maximum atomic E-state index is 13.2. The van der Waals surface area contributed by atoms with Crippen molar-refractivity contribution in [1.82, 2.24) is 14.8 Å². The second kappa shape index (κ2) is 5.91. The number of hydrogen-bond acceptors (Lipinski definition) is 4. The predicted molar refractivity (Wildman–Crippen MR) is 84.8 cm³/mol. The monoisotopic (exact) mass is 419 g/mol. The van der Waals surface area contributed by atoms with Crippen LogP contribution in [0.4, 0.5) is 4.39 Å². The fraction of sp³-hybridized carbons (Fsp3) is 0.308. The molecule has 2 aromatic rings. The molecule has 21 heavy (non-hydrogen) atoms. The number of carboxylic acids is 1. The largest absolute Gasteiger partial charge is 0.481 e. The Morgan fingerprint density at radius 1 is 1.48 bits per heavy atom. The number of benzene rings is 1. The molecule has 1 aliphatic rings. The highest BCUT2D eigenvalue weighted by atomic mass is 127. The lowest BCUT2D eigenvalue weighted by Crippen LogP contribution is -2.03. The molecule has 0 aliphatic heterocycles. The van der Waals surface area contributed by atoms with Crippen LogP contribution in [0.5, 0.6) is 0 Å². The molecule has 1 heterocycles. The highest BCUT2D eigenvalue weighted by Crippen LogP contribution is 2.41. The van der Waals surface area contributed by atoms with Crippen LogP contribution < -0.4 is 0 Å². The van der Waals surface area contributed by atoms with E-state index in [2.05, 4.69) is 32.8 Å². The van der Waals surface area contributed by atoms with Gasteiger partial charge in [0.1, 0.15) is 5.82 Å². The minimum atomic E-state index is -0.886. The highest BCUT2D eigenvalue weighted by molar-refractivity contribution is 14.1. The van der Waals surface area contributed by atoms with Gasteiger partial charge in [-0.1, -0.05) is 11.8 Å². The molecule has 1 saturated carbocycles. The summed E-state index contributed by atoms with van der Waals surface area (Å²) >= 11 is 3.23. The van der Waals surface area contributed by atoms with Gasteiger partial charge in [0.15, 0.2) is 11.0 Å². The van der Waals surface area contributed by atoms with Crippen molar-refractivity contribution in [2.45, 2.75) is 24.0 Å². The first kappa shape index (κ1) is 14.8. The molecule has 1 N–H and O–H groups in total. The summed E-state index contributed by atoms with van der Waals surface area (Å²) in [6.45, 7) is 0. The fourth-order valence-corrected chi connectivity index (χ4v) is 3.46. The lowest BCUT2D eigenvalue weighted by molar-refractivity contribution is -0.133. The van der Waals surface area contributed by atoms with Gasteiger partial charge >= 0.3 is 5.97 Å². The Labute approximate surface area is 138 Å². The topological polar surface area (TPSA) is 68.0 Å². The zero-order chi connectivity index (χ0) is 15.0. The molecule has 0 amide bonds. The van der Waals surface area contributed by atoms with E-state index in [4.69, 9.17) is 5.11 Å². The number of nitrogens with zero attached hydrogens (tertiary/aromatic N) is 3. The van der Waals surface area contributed by atoms with E-state index in [0.717, 1.165) is 33.7 Å². The third kappa shape index (κ3) is 3.20. The molecular formula is C13H11FIN3O2S. The molecule has 1 fully saturated rings. The Morgan fingerprint density at radius 2 is 2.24 bits per heavy atom. The first-order chi connectivity index (χ1) is 10.1. The van der Waals surface area contributed by atoms with Gasteiger partial charge in [0.25, 0.3) is 0 Å². The maximum Gasteiger partial charge on any atom is 0.313 e. The number of hydrogen-bond donors (Lipinski definition) is 1. The van der Waals surface area contributed by atoms with Crippen molar-refractivity contribution in [3.8, 4) is 11.4 Å². The van der Waals surface area contributed by atoms with Gasteiger partial charge in [0.05, 0.1) is 5.75 Å². The Morgan fingerprint density at radius 3 is 2.86 bits per heavy atom. The lowest BCUT2D eigenvalue weighted by atomic mass is 10.2. The standard InChI is InChI=1S/C13H11FIN3O2S/c14-7-1-4-9(10(15)5-7)12-16-17-13(21-6-11(19)20)18(12)8-2-3-8/h1,4-5,8H,2-3,6H2,(H,19,20). The van der Waals surface area contributed by atoms with Crippen LogP contribution in [-0.4, -0.2) is 31.6 Å². The molecule has 110 valence electrons. The molecule has 8 heteroatoms. The van der Waals surface area contributed by atoms with Gasteiger partial charge in [-0.15, -0.1) is 10.2 Å². The summed E-state index contributed by atoms with van der Waals surface area (Å²) in [5.74, 6) is -0.551. The summed E-state index contributed by atoms with van der Waals surface area (Å²) in [5.41, 5.74) is 0.818. The molecule has 1 aromatic heterocycles. The third-order valence-electron chi connectivity index (χ3n) is 3.07. The van der Waals surface area contributed by atoms with Gasteiger partial charge in [-0.3, -0.25) is 9.36 Å². The normalized spacial score (nSPS) is 14.4. The van der Waals surface area contributed by atoms with E-state index in [0.29, 0.717) is 17.0 Å². The summed E-state index contributed by atoms with van der Waals surface area (Å²) in [7, 11) is 0. The second-order valence-electron chi connectivity index (χ2n) is 4.71. The van der Waals surface area contributed by atoms with Crippen LogP contribution in [0.2, 0.25) is 0 Å². The van der Waals surface area contributed by atoms with Gasteiger partial charge in [-0.2, -0.15) is 0 Å². The van der Waals surface area contributed by atoms with Crippen LogP contribution in [-0.2, 0) is 4.79 Å².